The number of nitrogens with one attached hydrogen (secondary N) is 1. The second-order valence-electron chi connectivity index (χ2n) is 6.10. The zero-order chi connectivity index (χ0) is 18.7. The Labute approximate surface area is 157 Å². The molecule has 0 aliphatic heterocycles. The first-order valence-electron chi connectivity index (χ1n) is 8.44. The molecule has 0 spiro atoms. The van der Waals surface area contributed by atoms with E-state index in [1.807, 2.05) is 6.92 Å². The van der Waals surface area contributed by atoms with Crippen LogP contribution >= 0.6 is 11.3 Å². The van der Waals surface area contributed by atoms with E-state index >= 15 is 0 Å². The fraction of sp³-hybridized carbons (Fsp3) is 0.250. The van der Waals surface area contributed by atoms with Gasteiger partial charge < -0.3 is 4.74 Å². The quantitative estimate of drug-likeness (QED) is 0.705. The topological polar surface area (TPSA) is 64.1 Å². The van der Waals surface area contributed by atoms with E-state index in [1.54, 1.807) is 24.3 Å². The molecule has 0 aliphatic rings. The maximum Gasteiger partial charge on any atom is 0.257 e. The van der Waals surface area contributed by atoms with Crippen molar-refractivity contribution in [3.63, 3.8) is 0 Å². The first-order chi connectivity index (χ1) is 12.5. The van der Waals surface area contributed by atoms with Crippen LogP contribution in [0.3, 0.4) is 0 Å². The van der Waals surface area contributed by atoms with Gasteiger partial charge in [0.2, 0.25) is 5.13 Å². The summed E-state index contributed by atoms with van der Waals surface area (Å²) in [6, 6.07) is 11.3. The van der Waals surface area contributed by atoms with E-state index in [2.05, 4.69) is 48.4 Å². The molecule has 0 bridgehead atoms. The zero-order valence-corrected chi connectivity index (χ0v) is 16.1. The van der Waals surface area contributed by atoms with Crippen LogP contribution in [0.4, 0.5) is 5.13 Å². The van der Waals surface area contributed by atoms with Crippen molar-refractivity contribution in [3.8, 4) is 16.3 Å². The van der Waals surface area contributed by atoms with Gasteiger partial charge in [-0.1, -0.05) is 29.0 Å². The van der Waals surface area contributed by atoms with Crippen LogP contribution in [0.25, 0.3) is 10.6 Å². The van der Waals surface area contributed by atoms with Gasteiger partial charge >= 0.3 is 0 Å². The zero-order valence-electron chi connectivity index (χ0n) is 15.3. The first kappa shape index (κ1) is 18.1. The van der Waals surface area contributed by atoms with E-state index < -0.39 is 0 Å². The van der Waals surface area contributed by atoms with Crippen LogP contribution < -0.4 is 10.1 Å². The first-order valence-corrected chi connectivity index (χ1v) is 9.25. The summed E-state index contributed by atoms with van der Waals surface area (Å²) in [4.78, 5) is 12.4. The van der Waals surface area contributed by atoms with Crippen LogP contribution in [0.2, 0.25) is 0 Å². The molecule has 0 unspecified atom stereocenters. The number of rotatable bonds is 5. The van der Waals surface area contributed by atoms with Crippen molar-refractivity contribution in [2.45, 2.75) is 27.7 Å². The van der Waals surface area contributed by atoms with Crippen LogP contribution in [0, 0.1) is 20.8 Å². The third-order valence-corrected chi connectivity index (χ3v) is 4.82. The SMILES string of the molecule is CCOc1ccc(C(=O)Nc2nnc(-c3c(C)cc(C)cc3C)s2)cc1. The number of aryl methyl sites for hydroxylation is 3. The molecular formula is C20H21N3O2S. The lowest BCUT2D eigenvalue weighted by atomic mass is 10.0. The molecule has 3 aromatic rings. The summed E-state index contributed by atoms with van der Waals surface area (Å²) < 4.78 is 5.39. The minimum Gasteiger partial charge on any atom is -0.494 e. The molecule has 26 heavy (non-hydrogen) atoms. The maximum atomic E-state index is 12.4. The average Bonchev–Trinajstić information content (AvgIpc) is 3.03. The van der Waals surface area contributed by atoms with E-state index in [1.165, 1.54) is 16.9 Å². The van der Waals surface area contributed by atoms with Crippen LogP contribution in [0.15, 0.2) is 36.4 Å². The van der Waals surface area contributed by atoms with E-state index in [9.17, 15) is 4.79 Å². The Balaban J connectivity index is 1.77. The Morgan fingerprint density at radius 2 is 1.73 bits per heavy atom. The maximum absolute atomic E-state index is 12.4. The average molecular weight is 367 g/mol. The Morgan fingerprint density at radius 1 is 1.08 bits per heavy atom. The van der Waals surface area contributed by atoms with E-state index in [0.717, 1.165) is 27.4 Å². The number of aromatic nitrogens is 2. The standard InChI is InChI=1S/C20H21N3O2S/c1-5-25-16-8-6-15(7-9-16)18(24)21-20-23-22-19(26-20)17-13(3)10-12(2)11-14(17)4/h6-11H,5H2,1-4H3,(H,21,23,24). The Kier molecular flexibility index (Phi) is 5.32. The van der Waals surface area contributed by atoms with Crippen molar-refractivity contribution >= 4 is 22.4 Å². The molecule has 0 aliphatic carbocycles. The van der Waals surface area contributed by atoms with Gasteiger partial charge in [-0.3, -0.25) is 10.1 Å². The van der Waals surface area contributed by atoms with Crippen molar-refractivity contribution in [1.82, 2.24) is 10.2 Å². The number of anilines is 1. The number of hydrogen-bond acceptors (Lipinski definition) is 5. The molecule has 2 aromatic carbocycles. The van der Waals surface area contributed by atoms with Crippen molar-refractivity contribution < 1.29 is 9.53 Å². The molecule has 1 heterocycles. The number of carbonyl (C=O) groups is 1. The highest BCUT2D eigenvalue weighted by Crippen LogP contribution is 2.32. The highest BCUT2D eigenvalue weighted by Gasteiger charge is 2.14. The molecule has 0 saturated heterocycles. The Bertz CT molecular complexity index is 909. The third-order valence-electron chi connectivity index (χ3n) is 3.96. The van der Waals surface area contributed by atoms with E-state index in [4.69, 9.17) is 4.74 Å². The molecule has 6 heteroatoms. The summed E-state index contributed by atoms with van der Waals surface area (Å²) in [6.07, 6.45) is 0. The lowest BCUT2D eigenvalue weighted by Crippen LogP contribution is -2.11. The molecule has 1 amide bonds. The van der Waals surface area contributed by atoms with Crippen molar-refractivity contribution in [3.05, 3.63) is 58.7 Å². The van der Waals surface area contributed by atoms with Gasteiger partial charge in [0.05, 0.1) is 6.61 Å². The predicted molar refractivity (Wildman–Crippen MR) is 105 cm³/mol. The van der Waals surface area contributed by atoms with Gasteiger partial charge in [-0.15, -0.1) is 10.2 Å². The molecule has 1 N–H and O–H groups in total. The van der Waals surface area contributed by atoms with Gasteiger partial charge in [-0.05, 0) is 63.1 Å². The third kappa shape index (κ3) is 3.91. The van der Waals surface area contributed by atoms with Crippen LogP contribution in [0.1, 0.15) is 34.0 Å². The minimum atomic E-state index is -0.215. The molecule has 0 fully saturated rings. The van der Waals surface area contributed by atoms with Crippen LogP contribution in [-0.2, 0) is 0 Å². The summed E-state index contributed by atoms with van der Waals surface area (Å²) >= 11 is 1.38. The van der Waals surface area contributed by atoms with Crippen molar-refractivity contribution in [2.24, 2.45) is 0 Å². The number of amides is 1. The molecule has 134 valence electrons. The van der Waals surface area contributed by atoms with Crippen LogP contribution in [-0.4, -0.2) is 22.7 Å². The fourth-order valence-corrected chi connectivity index (χ4v) is 3.84. The number of nitrogens with zero attached hydrogens (tertiary/aromatic N) is 2. The normalized spacial score (nSPS) is 10.6. The number of carbonyl (C=O) groups excluding carboxylic acids is 1. The van der Waals surface area contributed by atoms with Crippen LogP contribution in [0.5, 0.6) is 5.75 Å². The molecule has 0 radical (unpaired) electrons. The Hall–Kier alpha value is -2.73. The largest absolute Gasteiger partial charge is 0.494 e. The van der Waals surface area contributed by atoms with Gasteiger partial charge in [0.1, 0.15) is 10.8 Å². The van der Waals surface area contributed by atoms with Gasteiger partial charge in [0, 0.05) is 11.1 Å². The summed E-state index contributed by atoms with van der Waals surface area (Å²) in [5.74, 6) is 0.528. The smallest absolute Gasteiger partial charge is 0.257 e. The summed E-state index contributed by atoms with van der Waals surface area (Å²) in [6.45, 7) is 8.72. The molecule has 5 nitrogen and oxygen atoms in total. The molecular weight excluding hydrogens is 346 g/mol. The highest BCUT2D eigenvalue weighted by atomic mass is 32.1. The van der Waals surface area contributed by atoms with E-state index in [0.29, 0.717) is 17.3 Å². The van der Waals surface area contributed by atoms with Gasteiger partial charge in [0.25, 0.3) is 5.91 Å². The van der Waals surface area contributed by atoms with Gasteiger partial charge in [0.15, 0.2) is 0 Å². The lowest BCUT2D eigenvalue weighted by molar-refractivity contribution is 0.102. The lowest BCUT2D eigenvalue weighted by Gasteiger charge is -2.07. The van der Waals surface area contributed by atoms with Crippen molar-refractivity contribution in [2.75, 3.05) is 11.9 Å². The van der Waals surface area contributed by atoms with Gasteiger partial charge in [-0.2, -0.15) is 0 Å². The highest BCUT2D eigenvalue weighted by molar-refractivity contribution is 7.18. The second-order valence-corrected chi connectivity index (χ2v) is 7.08. The fourth-order valence-electron chi connectivity index (χ4n) is 2.93. The number of ether oxygens (including phenoxy) is 1. The van der Waals surface area contributed by atoms with Gasteiger partial charge in [-0.25, -0.2) is 0 Å². The molecule has 0 atom stereocenters. The monoisotopic (exact) mass is 367 g/mol. The summed E-state index contributed by atoms with van der Waals surface area (Å²) in [5, 5.41) is 12.5. The number of hydrogen-bond donors (Lipinski definition) is 1. The second kappa shape index (κ2) is 7.66. The Morgan fingerprint density at radius 3 is 2.35 bits per heavy atom. The number of benzene rings is 2. The van der Waals surface area contributed by atoms with Crippen molar-refractivity contribution in [1.29, 1.82) is 0 Å². The predicted octanol–water partition coefficient (Wildman–Crippen LogP) is 4.78. The summed E-state index contributed by atoms with van der Waals surface area (Å²) in [7, 11) is 0. The molecule has 3 rings (SSSR count). The minimum absolute atomic E-state index is 0.215. The summed E-state index contributed by atoms with van der Waals surface area (Å²) in [5.41, 5.74) is 5.16. The molecule has 1 aromatic heterocycles. The molecule has 0 saturated carbocycles. The van der Waals surface area contributed by atoms with E-state index in [-0.39, 0.29) is 5.91 Å².